The summed E-state index contributed by atoms with van der Waals surface area (Å²) < 4.78 is 19.5. The molecule has 0 aliphatic heterocycles. The van der Waals surface area contributed by atoms with E-state index in [2.05, 4.69) is 24.0 Å². The van der Waals surface area contributed by atoms with Crippen molar-refractivity contribution in [1.29, 1.82) is 0 Å². The van der Waals surface area contributed by atoms with Crippen LogP contribution in [0.3, 0.4) is 0 Å². The number of ether oxygens (including phenoxy) is 3. The van der Waals surface area contributed by atoms with Crippen LogP contribution in [-0.4, -0.2) is 70.4 Å². The number of carbonyl (C=O) groups is 4. The molecule has 0 radical (unpaired) electrons. The van der Waals surface area contributed by atoms with Gasteiger partial charge >= 0.3 is 5.97 Å². The second-order valence-electron chi connectivity index (χ2n) is 13.3. The van der Waals surface area contributed by atoms with E-state index < -0.39 is 11.9 Å². The number of fused-ring (bicyclic) bond motifs is 2. The van der Waals surface area contributed by atoms with E-state index in [1.807, 2.05) is 20.8 Å². The van der Waals surface area contributed by atoms with Gasteiger partial charge in [0.05, 0.1) is 42.9 Å². The Balaban J connectivity index is 1.90. The second kappa shape index (κ2) is 16.1. The molecule has 0 N–H and O–H groups in total. The van der Waals surface area contributed by atoms with Gasteiger partial charge in [-0.15, -0.1) is 0 Å². The van der Waals surface area contributed by atoms with E-state index >= 15 is 0 Å². The molecule has 0 unspecified atom stereocenters. The maximum absolute atomic E-state index is 14.5. The summed E-state index contributed by atoms with van der Waals surface area (Å²) in [6.07, 6.45) is 2.27. The molecule has 4 rings (SSSR count). The van der Waals surface area contributed by atoms with Crippen molar-refractivity contribution in [2.24, 2.45) is 17.8 Å². The molecule has 2 aromatic carbocycles. The molecule has 0 bridgehead atoms. The van der Waals surface area contributed by atoms with Crippen LogP contribution < -0.4 is 14.4 Å². The monoisotopic (exact) mass is 675 g/mol. The second-order valence-corrected chi connectivity index (χ2v) is 13.3. The van der Waals surface area contributed by atoms with Gasteiger partial charge in [-0.25, -0.2) is 0 Å². The third kappa shape index (κ3) is 8.29. The molecule has 0 fully saturated rings. The number of Topliss-reactive ketones (excluding diaryl/α,β-unsaturated/α-hetero) is 2. The van der Waals surface area contributed by atoms with Crippen molar-refractivity contribution < 1.29 is 33.4 Å². The van der Waals surface area contributed by atoms with Crippen LogP contribution in [0.5, 0.6) is 11.5 Å². The first-order valence-corrected chi connectivity index (χ1v) is 17.0. The van der Waals surface area contributed by atoms with Crippen LogP contribution in [0.2, 0.25) is 0 Å². The van der Waals surface area contributed by atoms with Crippen LogP contribution in [-0.2, 0) is 27.4 Å². The maximum atomic E-state index is 14.5. The molecule has 0 atom stereocenters. The summed E-state index contributed by atoms with van der Waals surface area (Å²) in [7, 11) is 3.07. The number of rotatable bonds is 17. The van der Waals surface area contributed by atoms with Gasteiger partial charge in [-0.2, -0.15) is 10.2 Å². The molecule has 12 nitrogen and oxygen atoms in total. The number of methoxy groups -OCH3 is 2. The number of hydrogen-bond acceptors (Lipinski definition) is 9. The van der Waals surface area contributed by atoms with Gasteiger partial charge in [-0.3, -0.25) is 28.5 Å². The summed E-state index contributed by atoms with van der Waals surface area (Å²) in [5, 5.41) is 10.4. The lowest BCUT2D eigenvalue weighted by Gasteiger charge is -2.26. The molecule has 2 aromatic heterocycles. The lowest BCUT2D eigenvalue weighted by Crippen LogP contribution is -2.36. The molecular formula is C37H49N5O7. The van der Waals surface area contributed by atoms with Gasteiger partial charge in [0.15, 0.2) is 11.6 Å². The number of nitrogens with zero attached hydrogens (tertiary/aromatic N) is 5. The lowest BCUT2D eigenvalue weighted by molar-refractivity contribution is -0.144. The van der Waals surface area contributed by atoms with E-state index in [0.29, 0.717) is 52.0 Å². The van der Waals surface area contributed by atoms with E-state index in [0.717, 1.165) is 12.8 Å². The Hall–Kier alpha value is -4.74. The van der Waals surface area contributed by atoms with Crippen LogP contribution in [0.4, 0.5) is 5.69 Å². The number of unbranched alkanes of at least 4 members (excludes halogenated alkanes) is 1. The summed E-state index contributed by atoms with van der Waals surface area (Å²) in [5.41, 5.74) is 1.93. The molecular weight excluding hydrogens is 626 g/mol. The first-order valence-electron chi connectivity index (χ1n) is 17.0. The Kier molecular flexibility index (Phi) is 12.2. The average molecular weight is 676 g/mol. The lowest BCUT2D eigenvalue weighted by atomic mass is 10.0. The Morgan fingerprint density at radius 3 is 2.02 bits per heavy atom. The zero-order valence-electron chi connectivity index (χ0n) is 30.2. The highest BCUT2D eigenvalue weighted by molar-refractivity contribution is 6.14. The highest BCUT2D eigenvalue weighted by Gasteiger charge is 2.30. The van der Waals surface area contributed by atoms with Gasteiger partial charge in [0.25, 0.3) is 0 Å². The smallest absolute Gasteiger partial charge is 0.327 e. The predicted molar refractivity (Wildman–Crippen MR) is 189 cm³/mol. The van der Waals surface area contributed by atoms with Crippen LogP contribution in [0.15, 0.2) is 30.3 Å². The number of carbonyl (C=O) groups excluding carboxylic acids is 4. The molecule has 0 spiro atoms. The Labute approximate surface area is 287 Å². The van der Waals surface area contributed by atoms with Crippen molar-refractivity contribution in [3.63, 3.8) is 0 Å². The van der Waals surface area contributed by atoms with Crippen LogP contribution in [0.25, 0.3) is 21.8 Å². The van der Waals surface area contributed by atoms with E-state index in [4.69, 9.17) is 14.2 Å². The van der Waals surface area contributed by atoms with Crippen molar-refractivity contribution in [1.82, 2.24) is 19.6 Å². The summed E-state index contributed by atoms with van der Waals surface area (Å²) >= 11 is 0. The minimum absolute atomic E-state index is 0.134. The fraction of sp³-hybridized carbons (Fsp3) is 0.514. The molecule has 0 saturated heterocycles. The minimum Gasteiger partial charge on any atom is -0.497 e. The molecule has 1 amide bonds. The minimum atomic E-state index is -0.480. The maximum Gasteiger partial charge on any atom is 0.327 e. The van der Waals surface area contributed by atoms with Crippen LogP contribution >= 0.6 is 0 Å². The van der Waals surface area contributed by atoms with E-state index in [-0.39, 0.29) is 60.4 Å². The van der Waals surface area contributed by atoms with E-state index in [1.54, 1.807) is 56.2 Å². The number of benzene rings is 2. The topological polar surface area (TPSA) is 135 Å². The summed E-state index contributed by atoms with van der Waals surface area (Å²) in [6.45, 7) is 13.5. The molecule has 264 valence electrons. The zero-order valence-corrected chi connectivity index (χ0v) is 30.2. The first-order chi connectivity index (χ1) is 23.3. The summed E-state index contributed by atoms with van der Waals surface area (Å²) in [6, 6.07) is 8.74. The molecule has 2 heterocycles. The highest BCUT2D eigenvalue weighted by atomic mass is 16.5. The van der Waals surface area contributed by atoms with Crippen molar-refractivity contribution in [3.05, 3.63) is 41.7 Å². The quantitative estimate of drug-likeness (QED) is 0.0698. The number of anilines is 1. The standard InChI is InChI=1S/C37H49N5O7/c1-10-11-16-49-32(44)21-42-30-19-26(48-9)18-29(33(30)35(39-42)37(46)24(6)7)40(15-14-22(2)3)31(43)20-41-28-17-25(47-8)12-13-27(28)34(38-41)36(45)23(4)5/h12-13,17-19,22-24H,10-11,14-16,20-21H2,1-9H3. The molecule has 49 heavy (non-hydrogen) atoms. The Morgan fingerprint density at radius 2 is 1.41 bits per heavy atom. The van der Waals surface area contributed by atoms with Crippen LogP contribution in [0.1, 0.15) is 88.7 Å². The molecule has 0 aliphatic rings. The first kappa shape index (κ1) is 37.1. The summed E-state index contributed by atoms with van der Waals surface area (Å²) in [4.78, 5) is 55.9. The third-order valence-electron chi connectivity index (χ3n) is 8.36. The van der Waals surface area contributed by atoms with Gasteiger partial charge in [-0.1, -0.05) is 54.9 Å². The van der Waals surface area contributed by atoms with E-state index in [1.165, 1.54) is 16.5 Å². The van der Waals surface area contributed by atoms with Gasteiger partial charge in [-0.05, 0) is 30.9 Å². The Bertz CT molecular complexity index is 1840. The van der Waals surface area contributed by atoms with Gasteiger partial charge in [0, 0.05) is 42.0 Å². The molecule has 0 saturated carbocycles. The Morgan fingerprint density at radius 1 is 0.796 bits per heavy atom. The number of ketones is 2. The molecule has 4 aromatic rings. The van der Waals surface area contributed by atoms with Gasteiger partial charge in [0.1, 0.15) is 36.0 Å². The van der Waals surface area contributed by atoms with Crippen LogP contribution in [0, 0.1) is 17.8 Å². The third-order valence-corrected chi connectivity index (χ3v) is 8.36. The zero-order chi connectivity index (χ0) is 36.0. The molecule has 0 aliphatic carbocycles. The molecule has 12 heteroatoms. The van der Waals surface area contributed by atoms with Crippen molar-refractivity contribution in [3.8, 4) is 11.5 Å². The van der Waals surface area contributed by atoms with Gasteiger partial charge in [0.2, 0.25) is 5.91 Å². The number of hydrogen-bond donors (Lipinski definition) is 0. The predicted octanol–water partition coefficient (Wildman–Crippen LogP) is 6.50. The fourth-order valence-corrected chi connectivity index (χ4v) is 5.49. The van der Waals surface area contributed by atoms with Crippen molar-refractivity contribution in [2.45, 2.75) is 80.8 Å². The normalized spacial score (nSPS) is 11.6. The highest BCUT2D eigenvalue weighted by Crippen LogP contribution is 2.37. The number of amides is 1. The number of esters is 1. The van der Waals surface area contributed by atoms with Crippen molar-refractivity contribution >= 4 is 50.9 Å². The largest absolute Gasteiger partial charge is 0.497 e. The fourth-order valence-electron chi connectivity index (χ4n) is 5.49. The van der Waals surface area contributed by atoms with Crippen molar-refractivity contribution in [2.75, 3.05) is 32.3 Å². The summed E-state index contributed by atoms with van der Waals surface area (Å²) in [5.74, 6) is -0.626. The van der Waals surface area contributed by atoms with Gasteiger partial charge < -0.3 is 19.1 Å². The average Bonchev–Trinajstić information content (AvgIpc) is 3.61. The SMILES string of the molecule is CCCCOC(=O)Cn1nc(C(=O)C(C)C)c2c(N(CCC(C)C)C(=O)Cn3nc(C(=O)C(C)C)c4ccc(OC)cc43)cc(OC)cc21. The number of aromatic nitrogens is 4. The van der Waals surface area contributed by atoms with E-state index in [9.17, 15) is 19.2 Å².